The number of aromatic nitrogens is 2. The molecule has 0 saturated carbocycles. The van der Waals surface area contributed by atoms with E-state index in [1.54, 1.807) is 0 Å². The molecule has 1 saturated heterocycles. The van der Waals surface area contributed by atoms with Crippen LogP contribution in [-0.4, -0.2) is 46.8 Å². The Bertz CT molecular complexity index is 1130. The molecule has 1 aliphatic heterocycles. The number of fused-ring (bicyclic) bond motifs is 1. The topological polar surface area (TPSA) is 87.5 Å². The number of aromatic carboxylic acids is 1. The molecule has 0 unspecified atom stereocenters. The Balaban J connectivity index is 0.00000240. The van der Waals surface area contributed by atoms with Gasteiger partial charge in [-0.15, -0.1) is 12.4 Å². The molecule has 0 atom stereocenters. The molecule has 0 aliphatic carbocycles. The number of carboxylic acid groups (broad SMARTS) is 1. The number of halogens is 3. The number of carboxylic acids is 1. The molecule has 1 aliphatic rings. The molecule has 3 aromatic rings. The minimum atomic E-state index is -1.44. The van der Waals surface area contributed by atoms with E-state index in [0.717, 1.165) is 18.5 Å². The van der Waals surface area contributed by atoms with Gasteiger partial charge in [0.05, 0.1) is 22.8 Å². The normalized spacial score (nSPS) is 13.9. The van der Waals surface area contributed by atoms with Crippen molar-refractivity contribution >= 4 is 35.0 Å². The molecule has 29 heavy (non-hydrogen) atoms. The summed E-state index contributed by atoms with van der Waals surface area (Å²) < 4.78 is 29.4. The lowest BCUT2D eigenvalue weighted by Crippen LogP contribution is -2.43. The van der Waals surface area contributed by atoms with Crippen LogP contribution >= 0.6 is 12.4 Å². The van der Waals surface area contributed by atoms with Gasteiger partial charge >= 0.3 is 5.97 Å². The van der Waals surface area contributed by atoms with Gasteiger partial charge in [-0.2, -0.15) is 0 Å². The maximum atomic E-state index is 14.8. The first-order valence-corrected chi connectivity index (χ1v) is 8.65. The summed E-state index contributed by atoms with van der Waals surface area (Å²) in [7, 11) is 0. The molecule has 152 valence electrons. The van der Waals surface area contributed by atoms with E-state index >= 15 is 0 Å². The average Bonchev–Trinajstić information content (AvgIpc) is 2.69. The predicted molar refractivity (Wildman–Crippen MR) is 107 cm³/mol. The molecule has 1 fully saturated rings. The second-order valence-electron chi connectivity index (χ2n) is 6.44. The highest BCUT2D eigenvalue weighted by Crippen LogP contribution is 2.27. The van der Waals surface area contributed by atoms with Crippen molar-refractivity contribution in [3.05, 3.63) is 64.1 Å². The third-order valence-electron chi connectivity index (χ3n) is 4.72. The SMILES string of the molecule is Cl.O=C(O)c1cn(-c2ccc(F)cn2)c2cc(N3CCNCC3)c(F)cc2c1=O. The lowest BCUT2D eigenvalue weighted by molar-refractivity contribution is 0.0695. The van der Waals surface area contributed by atoms with E-state index in [9.17, 15) is 23.5 Å². The van der Waals surface area contributed by atoms with E-state index in [1.807, 2.05) is 4.90 Å². The Morgan fingerprint density at radius 1 is 1.17 bits per heavy atom. The Kier molecular flexibility index (Phi) is 5.81. The van der Waals surface area contributed by atoms with Crippen molar-refractivity contribution in [1.29, 1.82) is 0 Å². The summed E-state index contributed by atoms with van der Waals surface area (Å²) >= 11 is 0. The van der Waals surface area contributed by atoms with Crippen molar-refractivity contribution in [2.75, 3.05) is 31.1 Å². The van der Waals surface area contributed by atoms with Crippen LogP contribution in [0.15, 0.2) is 41.5 Å². The van der Waals surface area contributed by atoms with Crippen LogP contribution < -0.4 is 15.6 Å². The highest BCUT2D eigenvalue weighted by Gasteiger charge is 2.21. The fourth-order valence-electron chi connectivity index (χ4n) is 3.33. The van der Waals surface area contributed by atoms with Crippen molar-refractivity contribution < 1.29 is 18.7 Å². The van der Waals surface area contributed by atoms with E-state index in [4.69, 9.17) is 0 Å². The van der Waals surface area contributed by atoms with Gasteiger partial charge < -0.3 is 19.9 Å². The lowest BCUT2D eigenvalue weighted by atomic mass is 10.1. The number of carbonyl (C=O) groups is 1. The highest BCUT2D eigenvalue weighted by molar-refractivity contribution is 5.94. The smallest absolute Gasteiger partial charge is 0.341 e. The van der Waals surface area contributed by atoms with Crippen LogP contribution in [0.25, 0.3) is 16.7 Å². The van der Waals surface area contributed by atoms with Gasteiger partial charge in [-0.1, -0.05) is 0 Å². The molecule has 10 heteroatoms. The van der Waals surface area contributed by atoms with Crippen molar-refractivity contribution in [2.24, 2.45) is 0 Å². The summed E-state index contributed by atoms with van der Waals surface area (Å²) in [6, 6.07) is 5.10. The van der Waals surface area contributed by atoms with Crippen LogP contribution in [-0.2, 0) is 0 Å². The second-order valence-corrected chi connectivity index (χ2v) is 6.44. The number of pyridine rings is 2. The fraction of sp³-hybridized carbons (Fsp3) is 0.211. The van der Waals surface area contributed by atoms with Crippen LogP contribution in [0.5, 0.6) is 0 Å². The first-order valence-electron chi connectivity index (χ1n) is 8.65. The quantitative estimate of drug-likeness (QED) is 0.673. The number of hydrogen-bond donors (Lipinski definition) is 2. The van der Waals surface area contributed by atoms with Crippen LogP contribution in [0.3, 0.4) is 0 Å². The zero-order valence-electron chi connectivity index (χ0n) is 15.1. The first kappa shape index (κ1) is 20.7. The van der Waals surface area contributed by atoms with Crippen LogP contribution in [0, 0.1) is 11.6 Å². The van der Waals surface area contributed by atoms with Crippen molar-refractivity contribution in [2.45, 2.75) is 0 Å². The summed E-state index contributed by atoms with van der Waals surface area (Å²) in [6.07, 6.45) is 2.12. The molecule has 0 radical (unpaired) electrons. The molecular formula is C19H17ClF2N4O3. The summed E-state index contributed by atoms with van der Waals surface area (Å²) in [5.41, 5.74) is -0.698. The molecule has 0 amide bonds. The largest absolute Gasteiger partial charge is 0.477 e. The van der Waals surface area contributed by atoms with Gasteiger partial charge in [-0.3, -0.25) is 4.79 Å². The molecule has 2 aromatic heterocycles. The Labute approximate surface area is 170 Å². The standard InChI is InChI=1S/C19H16F2N4O3.ClH/c20-11-1-2-17(23-9-11)25-10-13(19(27)28)18(26)12-7-14(21)16(8-15(12)25)24-5-3-22-4-6-24;/h1-2,7-10,22H,3-6H2,(H,27,28);1H. The van der Waals surface area contributed by atoms with E-state index in [2.05, 4.69) is 10.3 Å². The van der Waals surface area contributed by atoms with Crippen molar-refractivity contribution in [1.82, 2.24) is 14.9 Å². The summed E-state index contributed by atoms with van der Waals surface area (Å²) in [4.78, 5) is 29.9. The Morgan fingerprint density at radius 3 is 2.52 bits per heavy atom. The van der Waals surface area contributed by atoms with Gasteiger partial charge in [-0.05, 0) is 24.3 Å². The number of nitrogens with zero attached hydrogens (tertiary/aromatic N) is 3. The molecule has 2 N–H and O–H groups in total. The summed E-state index contributed by atoms with van der Waals surface area (Å²) in [5, 5.41) is 12.5. The summed E-state index contributed by atoms with van der Waals surface area (Å²) in [5.74, 6) is -2.38. The van der Waals surface area contributed by atoms with E-state index < -0.39 is 28.6 Å². The molecular weight excluding hydrogens is 406 g/mol. The number of piperazine rings is 1. The number of benzene rings is 1. The monoisotopic (exact) mass is 422 g/mol. The second kappa shape index (κ2) is 8.14. The van der Waals surface area contributed by atoms with Crippen LogP contribution in [0.1, 0.15) is 10.4 Å². The predicted octanol–water partition coefficient (Wildman–Crippen LogP) is 2.19. The van der Waals surface area contributed by atoms with Gasteiger partial charge in [0.25, 0.3) is 0 Å². The number of nitrogens with one attached hydrogen (secondary N) is 1. The molecule has 0 bridgehead atoms. The molecule has 4 rings (SSSR count). The molecule has 0 spiro atoms. The van der Waals surface area contributed by atoms with Crippen LogP contribution in [0.4, 0.5) is 14.5 Å². The number of rotatable bonds is 3. The maximum absolute atomic E-state index is 14.8. The zero-order valence-corrected chi connectivity index (χ0v) is 15.9. The van der Waals surface area contributed by atoms with Gasteiger partial charge in [-0.25, -0.2) is 18.6 Å². The lowest BCUT2D eigenvalue weighted by Gasteiger charge is -2.30. The summed E-state index contributed by atoms with van der Waals surface area (Å²) in [6.45, 7) is 2.58. The molecule has 3 heterocycles. The zero-order chi connectivity index (χ0) is 19.8. The minimum absolute atomic E-state index is 0. The maximum Gasteiger partial charge on any atom is 0.341 e. The van der Waals surface area contributed by atoms with Crippen LogP contribution in [0.2, 0.25) is 0 Å². The van der Waals surface area contributed by atoms with Gasteiger partial charge in [0.15, 0.2) is 0 Å². The average molecular weight is 423 g/mol. The van der Waals surface area contributed by atoms with Gasteiger partial charge in [0.2, 0.25) is 5.43 Å². The molecule has 7 nitrogen and oxygen atoms in total. The molecule has 1 aromatic carbocycles. The third-order valence-corrected chi connectivity index (χ3v) is 4.72. The number of hydrogen-bond acceptors (Lipinski definition) is 5. The Morgan fingerprint density at radius 2 is 1.90 bits per heavy atom. The van der Waals surface area contributed by atoms with Crippen molar-refractivity contribution in [3.63, 3.8) is 0 Å². The fourth-order valence-corrected chi connectivity index (χ4v) is 3.33. The van der Waals surface area contributed by atoms with Gasteiger partial charge in [0.1, 0.15) is 23.0 Å². The van der Waals surface area contributed by atoms with Gasteiger partial charge in [0, 0.05) is 32.4 Å². The Hall–Kier alpha value is -3.04. The van der Waals surface area contributed by atoms with E-state index in [1.165, 1.54) is 22.8 Å². The minimum Gasteiger partial charge on any atom is -0.477 e. The van der Waals surface area contributed by atoms with E-state index in [-0.39, 0.29) is 23.6 Å². The highest BCUT2D eigenvalue weighted by atomic mass is 35.5. The number of anilines is 1. The first-order chi connectivity index (χ1) is 13.5. The third kappa shape index (κ3) is 3.79. The van der Waals surface area contributed by atoms with E-state index in [0.29, 0.717) is 37.4 Å². The van der Waals surface area contributed by atoms with Crippen molar-refractivity contribution in [3.8, 4) is 5.82 Å².